The lowest BCUT2D eigenvalue weighted by molar-refractivity contribution is 1.36. The molecule has 0 bridgehead atoms. The number of rotatable bonds is 2. The van der Waals surface area contributed by atoms with Gasteiger partial charge in [-0.25, -0.2) is 0 Å². The first kappa shape index (κ1) is 9.35. The summed E-state index contributed by atoms with van der Waals surface area (Å²) >= 11 is 1.77. The van der Waals surface area contributed by atoms with Crippen molar-refractivity contribution in [3.05, 3.63) is 60.2 Å². The summed E-state index contributed by atoms with van der Waals surface area (Å²) < 4.78 is 0. The Balaban J connectivity index is 2.16. The maximum absolute atomic E-state index is 3.07. The van der Waals surface area contributed by atoms with Crippen molar-refractivity contribution in [2.45, 2.75) is 16.7 Å². The summed E-state index contributed by atoms with van der Waals surface area (Å²) in [6.45, 7) is 2.10. The summed E-state index contributed by atoms with van der Waals surface area (Å²) in [6.07, 6.45) is 0. The minimum Gasteiger partial charge on any atom is -0.0901 e. The summed E-state index contributed by atoms with van der Waals surface area (Å²) in [6, 6.07) is 19.7. The molecule has 0 spiro atoms. The van der Waals surface area contributed by atoms with Gasteiger partial charge < -0.3 is 0 Å². The van der Waals surface area contributed by atoms with Crippen molar-refractivity contribution in [3.8, 4) is 0 Å². The van der Waals surface area contributed by atoms with Gasteiger partial charge in [-0.15, -0.1) is 0 Å². The van der Waals surface area contributed by atoms with E-state index in [0.29, 0.717) is 0 Å². The van der Waals surface area contributed by atoms with E-state index in [4.69, 9.17) is 0 Å². The average Bonchev–Trinajstić information content (AvgIpc) is 2.23. The molecule has 1 heteroatoms. The van der Waals surface area contributed by atoms with E-state index in [9.17, 15) is 0 Å². The van der Waals surface area contributed by atoms with E-state index in [1.165, 1.54) is 15.4 Å². The van der Waals surface area contributed by atoms with E-state index >= 15 is 0 Å². The fourth-order valence-corrected chi connectivity index (χ4v) is 2.00. The van der Waals surface area contributed by atoms with Crippen molar-refractivity contribution < 1.29 is 0 Å². The van der Waals surface area contributed by atoms with Gasteiger partial charge in [0.2, 0.25) is 0 Å². The molecule has 0 aliphatic carbocycles. The molecule has 0 amide bonds. The third-order valence-electron chi connectivity index (χ3n) is 1.94. The molecule has 0 saturated carbocycles. The molecule has 0 aliphatic rings. The molecule has 2 rings (SSSR count). The quantitative estimate of drug-likeness (QED) is 0.705. The van der Waals surface area contributed by atoms with Crippen LogP contribution in [0.2, 0.25) is 0 Å². The Morgan fingerprint density at radius 2 is 1.79 bits per heavy atom. The van der Waals surface area contributed by atoms with Crippen molar-refractivity contribution in [3.63, 3.8) is 0 Å². The van der Waals surface area contributed by atoms with Gasteiger partial charge in [0, 0.05) is 9.79 Å². The first-order valence-electron chi connectivity index (χ1n) is 4.55. The first-order valence-corrected chi connectivity index (χ1v) is 5.37. The highest BCUT2D eigenvalue weighted by molar-refractivity contribution is 7.99. The zero-order valence-electron chi connectivity index (χ0n) is 8.03. The molecule has 14 heavy (non-hydrogen) atoms. The molecule has 0 fully saturated rings. The van der Waals surface area contributed by atoms with E-state index < -0.39 is 0 Å². The highest BCUT2D eigenvalue weighted by Crippen LogP contribution is 2.26. The van der Waals surface area contributed by atoms with Crippen molar-refractivity contribution in [1.82, 2.24) is 0 Å². The largest absolute Gasteiger partial charge is 0.0901 e. The van der Waals surface area contributed by atoms with Gasteiger partial charge in [0.05, 0.1) is 0 Å². The van der Waals surface area contributed by atoms with E-state index in [-0.39, 0.29) is 0 Å². The van der Waals surface area contributed by atoms with Crippen LogP contribution in [0, 0.1) is 13.0 Å². The van der Waals surface area contributed by atoms with Crippen LogP contribution in [0.1, 0.15) is 5.56 Å². The molecule has 69 valence electrons. The van der Waals surface area contributed by atoms with Crippen LogP contribution in [0.3, 0.4) is 0 Å². The fraction of sp³-hybridized carbons (Fsp3) is 0.0769. The van der Waals surface area contributed by atoms with Crippen LogP contribution >= 0.6 is 11.8 Å². The van der Waals surface area contributed by atoms with Crippen LogP contribution in [0.4, 0.5) is 0 Å². The number of hydrogen-bond donors (Lipinski definition) is 0. The van der Waals surface area contributed by atoms with Gasteiger partial charge in [-0.05, 0) is 37.3 Å². The monoisotopic (exact) mass is 199 g/mol. The second-order valence-corrected chi connectivity index (χ2v) is 4.30. The molecule has 0 heterocycles. The van der Waals surface area contributed by atoms with Crippen LogP contribution in [0.5, 0.6) is 0 Å². The topological polar surface area (TPSA) is 0 Å². The van der Waals surface area contributed by atoms with Crippen LogP contribution in [-0.2, 0) is 0 Å². The lowest BCUT2D eigenvalue weighted by Gasteiger charge is -2.00. The van der Waals surface area contributed by atoms with E-state index in [2.05, 4.69) is 43.3 Å². The Labute approximate surface area is 89.0 Å². The number of benzene rings is 2. The molecular formula is C13H11S. The highest BCUT2D eigenvalue weighted by atomic mass is 32.2. The molecule has 0 nitrogen and oxygen atoms in total. The Morgan fingerprint density at radius 3 is 2.43 bits per heavy atom. The number of hydrogen-bond acceptors (Lipinski definition) is 1. The lowest BCUT2D eigenvalue weighted by Crippen LogP contribution is -1.74. The normalized spacial score (nSPS) is 10.1. The van der Waals surface area contributed by atoms with Crippen molar-refractivity contribution >= 4 is 11.8 Å². The first-order chi connectivity index (χ1) is 6.84. The van der Waals surface area contributed by atoms with Gasteiger partial charge in [0.25, 0.3) is 0 Å². The number of aryl methyl sites for hydroxylation is 1. The van der Waals surface area contributed by atoms with Crippen LogP contribution in [0.25, 0.3) is 0 Å². The molecule has 2 aromatic rings. The summed E-state index contributed by atoms with van der Waals surface area (Å²) in [7, 11) is 0. The third kappa shape index (κ3) is 2.39. The summed E-state index contributed by atoms with van der Waals surface area (Å²) in [5.74, 6) is 0. The predicted molar refractivity (Wildman–Crippen MR) is 60.6 cm³/mol. The molecule has 0 aromatic heterocycles. The molecule has 0 unspecified atom stereocenters. The minimum absolute atomic E-state index is 1.23. The minimum atomic E-state index is 1.23. The molecular weight excluding hydrogens is 188 g/mol. The maximum atomic E-state index is 3.07. The smallest absolute Gasteiger partial charge is 0.0128 e. The highest BCUT2D eigenvalue weighted by Gasteiger charge is 1.95. The Morgan fingerprint density at radius 1 is 1.00 bits per heavy atom. The van der Waals surface area contributed by atoms with E-state index in [1.54, 1.807) is 11.8 Å². The average molecular weight is 199 g/mol. The van der Waals surface area contributed by atoms with Crippen molar-refractivity contribution in [2.75, 3.05) is 0 Å². The predicted octanol–water partition coefficient (Wildman–Crippen LogP) is 3.95. The summed E-state index contributed by atoms with van der Waals surface area (Å²) in [5, 5.41) is 0. The maximum Gasteiger partial charge on any atom is 0.0128 e. The summed E-state index contributed by atoms with van der Waals surface area (Å²) in [5.41, 5.74) is 1.30. The molecule has 1 radical (unpaired) electrons. The SMILES string of the molecule is Cc1ccc(Sc2c[c]ccc2)cc1. The van der Waals surface area contributed by atoms with Crippen LogP contribution in [-0.4, -0.2) is 0 Å². The van der Waals surface area contributed by atoms with Crippen LogP contribution < -0.4 is 0 Å². The third-order valence-corrected chi connectivity index (χ3v) is 2.93. The summed E-state index contributed by atoms with van der Waals surface area (Å²) in [4.78, 5) is 2.51. The standard InChI is InChI=1S/C13H11S/c1-11-7-9-13(10-8-11)14-12-5-3-2-4-6-12/h2-3,5-10H,1H3. The van der Waals surface area contributed by atoms with Gasteiger partial charge in [0.15, 0.2) is 0 Å². The molecule has 0 atom stereocenters. The molecule has 0 N–H and O–H groups in total. The lowest BCUT2D eigenvalue weighted by atomic mass is 10.2. The second-order valence-electron chi connectivity index (χ2n) is 3.15. The zero-order valence-corrected chi connectivity index (χ0v) is 8.84. The van der Waals surface area contributed by atoms with Crippen molar-refractivity contribution in [2.24, 2.45) is 0 Å². The van der Waals surface area contributed by atoms with Gasteiger partial charge in [-0.2, -0.15) is 0 Å². The zero-order chi connectivity index (χ0) is 9.80. The molecule has 2 aromatic carbocycles. The molecule has 0 saturated heterocycles. The van der Waals surface area contributed by atoms with Gasteiger partial charge >= 0.3 is 0 Å². The van der Waals surface area contributed by atoms with E-state index in [1.807, 2.05) is 18.2 Å². The van der Waals surface area contributed by atoms with Gasteiger partial charge in [-0.1, -0.05) is 41.6 Å². The fourth-order valence-electron chi connectivity index (χ4n) is 1.18. The Kier molecular flexibility index (Phi) is 2.90. The second kappa shape index (κ2) is 4.34. The Hall–Kier alpha value is -1.21. The Bertz CT molecular complexity index is 389. The van der Waals surface area contributed by atoms with Gasteiger partial charge in [0.1, 0.15) is 0 Å². The van der Waals surface area contributed by atoms with E-state index in [0.717, 1.165) is 0 Å². The molecule has 0 aliphatic heterocycles. The van der Waals surface area contributed by atoms with Gasteiger partial charge in [-0.3, -0.25) is 0 Å². The van der Waals surface area contributed by atoms with Crippen molar-refractivity contribution in [1.29, 1.82) is 0 Å². The van der Waals surface area contributed by atoms with Crippen LogP contribution in [0.15, 0.2) is 58.3 Å².